The zero-order valence-corrected chi connectivity index (χ0v) is 14.5. The molecule has 0 spiro atoms. The fraction of sp³-hybridized carbons (Fsp3) is 0.632. The predicted molar refractivity (Wildman–Crippen MR) is 94.3 cm³/mol. The van der Waals surface area contributed by atoms with Crippen LogP contribution >= 0.6 is 0 Å². The van der Waals surface area contributed by atoms with Crippen LogP contribution in [-0.4, -0.2) is 39.5 Å². The predicted octanol–water partition coefficient (Wildman–Crippen LogP) is 2.61. The Hall–Kier alpha value is -1.95. The molecule has 2 aromatic rings. The third kappa shape index (κ3) is 3.40. The van der Waals surface area contributed by atoms with Gasteiger partial charge in [-0.05, 0) is 43.6 Å². The summed E-state index contributed by atoms with van der Waals surface area (Å²) in [6.45, 7) is 4.57. The SMILES string of the molecule is c1cc(N2Cc3cnn(CC4CC4)c3C(COCC3CC3)C2)ncn1. The average Bonchev–Trinajstić information content (AvgIpc) is 3.56. The maximum Gasteiger partial charge on any atom is 0.132 e. The summed E-state index contributed by atoms with van der Waals surface area (Å²) in [7, 11) is 0. The summed E-state index contributed by atoms with van der Waals surface area (Å²) in [5.74, 6) is 2.98. The van der Waals surface area contributed by atoms with Crippen LogP contribution in [0.5, 0.6) is 0 Å². The molecule has 3 aliphatic rings. The molecular weight excluding hydrogens is 314 g/mol. The highest BCUT2D eigenvalue weighted by molar-refractivity contribution is 5.43. The molecule has 0 radical (unpaired) electrons. The molecule has 0 bridgehead atoms. The van der Waals surface area contributed by atoms with Crippen LogP contribution in [0.1, 0.15) is 42.9 Å². The van der Waals surface area contributed by atoms with Gasteiger partial charge in [-0.25, -0.2) is 9.97 Å². The van der Waals surface area contributed by atoms with Crippen LogP contribution < -0.4 is 4.90 Å². The van der Waals surface area contributed by atoms with Gasteiger partial charge in [0.1, 0.15) is 12.1 Å². The molecule has 0 saturated heterocycles. The minimum Gasteiger partial charge on any atom is -0.380 e. The summed E-state index contributed by atoms with van der Waals surface area (Å²) in [5.41, 5.74) is 2.72. The molecule has 1 aliphatic heterocycles. The number of hydrogen-bond acceptors (Lipinski definition) is 5. The summed E-state index contributed by atoms with van der Waals surface area (Å²) in [6, 6.07) is 1.99. The monoisotopic (exact) mass is 339 g/mol. The minimum absolute atomic E-state index is 0.360. The lowest BCUT2D eigenvalue weighted by molar-refractivity contribution is 0.108. The number of aromatic nitrogens is 4. The highest BCUT2D eigenvalue weighted by Crippen LogP contribution is 2.36. The Labute approximate surface area is 148 Å². The molecule has 2 aromatic heterocycles. The van der Waals surface area contributed by atoms with Crippen LogP contribution in [0.25, 0.3) is 0 Å². The zero-order valence-electron chi connectivity index (χ0n) is 14.5. The van der Waals surface area contributed by atoms with Gasteiger partial charge in [-0.15, -0.1) is 0 Å². The van der Waals surface area contributed by atoms with Gasteiger partial charge in [0.2, 0.25) is 0 Å². The van der Waals surface area contributed by atoms with Gasteiger partial charge >= 0.3 is 0 Å². The number of hydrogen-bond donors (Lipinski definition) is 0. The second-order valence-corrected chi connectivity index (χ2v) is 7.81. The van der Waals surface area contributed by atoms with Crippen molar-refractivity contribution in [1.29, 1.82) is 0 Å². The summed E-state index contributed by atoms with van der Waals surface area (Å²) in [5, 5.41) is 4.71. The first kappa shape index (κ1) is 15.3. The van der Waals surface area contributed by atoms with Gasteiger partial charge in [-0.1, -0.05) is 0 Å². The van der Waals surface area contributed by atoms with Crippen LogP contribution in [-0.2, 0) is 17.8 Å². The normalized spacial score (nSPS) is 22.9. The largest absolute Gasteiger partial charge is 0.380 e. The molecular formula is C19H25N5O. The highest BCUT2D eigenvalue weighted by atomic mass is 16.5. The van der Waals surface area contributed by atoms with Crippen molar-refractivity contribution < 1.29 is 4.74 Å². The fourth-order valence-corrected chi connectivity index (χ4v) is 3.78. The van der Waals surface area contributed by atoms with Gasteiger partial charge in [-0.3, -0.25) is 4.68 Å². The van der Waals surface area contributed by atoms with Crippen molar-refractivity contribution in [2.24, 2.45) is 11.8 Å². The van der Waals surface area contributed by atoms with Gasteiger partial charge in [-0.2, -0.15) is 5.10 Å². The average molecular weight is 339 g/mol. The molecule has 5 rings (SSSR count). The van der Waals surface area contributed by atoms with E-state index in [2.05, 4.69) is 25.7 Å². The van der Waals surface area contributed by atoms with Crippen molar-refractivity contribution in [3.63, 3.8) is 0 Å². The van der Waals surface area contributed by atoms with Crippen LogP contribution in [0, 0.1) is 11.8 Å². The van der Waals surface area contributed by atoms with Crippen molar-refractivity contribution in [3.05, 3.63) is 36.0 Å². The number of ether oxygens (including phenoxy) is 1. The summed E-state index contributed by atoms with van der Waals surface area (Å²) in [4.78, 5) is 10.8. The first-order valence-electron chi connectivity index (χ1n) is 9.50. The lowest BCUT2D eigenvalue weighted by Crippen LogP contribution is -2.37. The van der Waals surface area contributed by atoms with E-state index in [1.807, 2.05) is 12.3 Å². The standard InChI is InChI=1S/C19H25N5O/c1-2-14(1)8-24-19-16(7-22-24)9-23(18-5-6-20-13-21-18)10-17(19)12-25-11-15-3-4-15/h5-7,13-15,17H,1-4,8-12H2. The van der Waals surface area contributed by atoms with Gasteiger partial charge < -0.3 is 9.64 Å². The maximum absolute atomic E-state index is 6.08. The van der Waals surface area contributed by atoms with Crippen LogP contribution in [0.3, 0.4) is 0 Å². The number of nitrogens with zero attached hydrogens (tertiary/aromatic N) is 5. The van der Waals surface area contributed by atoms with Crippen molar-refractivity contribution in [2.45, 2.75) is 44.7 Å². The molecule has 0 aromatic carbocycles. The minimum atomic E-state index is 0.360. The number of anilines is 1. The lowest BCUT2D eigenvalue weighted by Gasteiger charge is -2.34. The second-order valence-electron chi connectivity index (χ2n) is 7.81. The third-order valence-corrected chi connectivity index (χ3v) is 5.54. The Bertz CT molecular complexity index is 723. The summed E-state index contributed by atoms with van der Waals surface area (Å²) in [6.07, 6.45) is 10.9. The Morgan fingerprint density at radius 1 is 1.12 bits per heavy atom. The van der Waals surface area contributed by atoms with E-state index in [0.29, 0.717) is 5.92 Å². The van der Waals surface area contributed by atoms with Crippen molar-refractivity contribution >= 4 is 5.82 Å². The van der Waals surface area contributed by atoms with E-state index in [0.717, 1.165) is 50.5 Å². The lowest BCUT2D eigenvalue weighted by atomic mass is 9.96. The summed E-state index contributed by atoms with van der Waals surface area (Å²) >= 11 is 0. The molecule has 2 aliphatic carbocycles. The maximum atomic E-state index is 6.08. The van der Waals surface area contributed by atoms with E-state index in [-0.39, 0.29) is 0 Å². The molecule has 1 atom stereocenters. The van der Waals surface area contributed by atoms with Gasteiger partial charge in [0.15, 0.2) is 0 Å². The topological polar surface area (TPSA) is 56.1 Å². The van der Waals surface area contributed by atoms with E-state index in [1.54, 1.807) is 6.33 Å². The molecule has 0 N–H and O–H groups in total. The van der Waals surface area contributed by atoms with Gasteiger partial charge in [0, 0.05) is 43.9 Å². The number of rotatable bonds is 7. The van der Waals surface area contributed by atoms with Crippen LogP contribution in [0.4, 0.5) is 5.82 Å². The molecule has 2 fully saturated rings. The fourth-order valence-electron chi connectivity index (χ4n) is 3.78. The van der Waals surface area contributed by atoms with Crippen molar-refractivity contribution in [3.8, 4) is 0 Å². The van der Waals surface area contributed by atoms with Crippen LogP contribution in [0.2, 0.25) is 0 Å². The van der Waals surface area contributed by atoms with E-state index in [9.17, 15) is 0 Å². The first-order chi connectivity index (χ1) is 12.4. The third-order valence-electron chi connectivity index (χ3n) is 5.54. The van der Waals surface area contributed by atoms with Gasteiger partial charge in [0.25, 0.3) is 0 Å². The quantitative estimate of drug-likeness (QED) is 0.776. The first-order valence-corrected chi connectivity index (χ1v) is 9.50. The molecule has 6 heteroatoms. The molecule has 6 nitrogen and oxygen atoms in total. The Kier molecular flexibility index (Phi) is 3.93. The van der Waals surface area contributed by atoms with E-state index in [1.165, 1.54) is 36.9 Å². The van der Waals surface area contributed by atoms with E-state index < -0.39 is 0 Å². The second kappa shape index (κ2) is 6.41. The Morgan fingerprint density at radius 2 is 2.00 bits per heavy atom. The Balaban J connectivity index is 1.38. The highest BCUT2D eigenvalue weighted by Gasteiger charge is 2.33. The van der Waals surface area contributed by atoms with E-state index in [4.69, 9.17) is 9.84 Å². The molecule has 0 amide bonds. The molecule has 2 saturated carbocycles. The number of fused-ring (bicyclic) bond motifs is 1. The van der Waals surface area contributed by atoms with Crippen LogP contribution in [0.15, 0.2) is 24.8 Å². The smallest absolute Gasteiger partial charge is 0.132 e. The zero-order chi connectivity index (χ0) is 16.6. The summed E-state index contributed by atoms with van der Waals surface area (Å²) < 4.78 is 8.34. The molecule has 3 heterocycles. The molecule has 25 heavy (non-hydrogen) atoms. The van der Waals surface area contributed by atoms with Gasteiger partial charge in [0.05, 0.1) is 18.5 Å². The van der Waals surface area contributed by atoms with E-state index >= 15 is 0 Å². The molecule has 1 unspecified atom stereocenters. The molecule has 132 valence electrons. The Morgan fingerprint density at radius 3 is 2.76 bits per heavy atom. The van der Waals surface area contributed by atoms with Crippen molar-refractivity contribution in [1.82, 2.24) is 19.7 Å². The van der Waals surface area contributed by atoms with Crippen molar-refractivity contribution in [2.75, 3.05) is 24.7 Å².